The van der Waals surface area contributed by atoms with E-state index in [0.29, 0.717) is 13.1 Å². The molecule has 0 saturated heterocycles. The van der Waals surface area contributed by atoms with E-state index >= 15 is 0 Å². The molecule has 0 aromatic carbocycles. The van der Waals surface area contributed by atoms with Gasteiger partial charge in [-0.05, 0) is 18.5 Å². The topological polar surface area (TPSA) is 81.9 Å². The van der Waals surface area contributed by atoms with Crippen LogP contribution in [0.15, 0.2) is 0 Å². The molecule has 0 bridgehead atoms. The predicted molar refractivity (Wildman–Crippen MR) is 46.8 cm³/mol. The predicted octanol–water partition coefficient (Wildman–Crippen LogP) is 0.419. The maximum atomic E-state index is 10.9. The van der Waals surface area contributed by atoms with Crippen molar-refractivity contribution < 1.29 is 18.5 Å². The van der Waals surface area contributed by atoms with Crippen LogP contribution in [-0.2, 0) is 18.5 Å². The van der Waals surface area contributed by atoms with Gasteiger partial charge in [-0.2, -0.15) is 0 Å². The van der Waals surface area contributed by atoms with Crippen LogP contribution in [0.3, 0.4) is 0 Å². The van der Waals surface area contributed by atoms with E-state index in [1.165, 1.54) is 5.06 Å². The second kappa shape index (κ2) is 6.91. The third-order valence-electron chi connectivity index (χ3n) is 1.20. The van der Waals surface area contributed by atoms with Crippen molar-refractivity contribution in [3.8, 4) is 0 Å². The van der Waals surface area contributed by atoms with Gasteiger partial charge in [0, 0.05) is 17.7 Å². The maximum absolute atomic E-state index is 10.9. The zero-order chi connectivity index (χ0) is 10.3. The molecule has 0 saturated carbocycles. The van der Waals surface area contributed by atoms with Gasteiger partial charge >= 0.3 is 8.25 Å². The summed E-state index contributed by atoms with van der Waals surface area (Å²) in [6, 6.07) is 0. The van der Waals surface area contributed by atoms with E-state index in [1.54, 1.807) is 0 Å². The van der Waals surface area contributed by atoms with Gasteiger partial charge < -0.3 is 5.73 Å². The molecule has 0 aliphatic heterocycles. The highest BCUT2D eigenvalue weighted by molar-refractivity contribution is 7.33. The Hall–Kier alpha value is -0.550. The number of amides is 1. The number of primary amides is 1. The fraction of sp³-hybridized carbons (Fsp3) is 0.833. The molecule has 1 atom stereocenters. The van der Waals surface area contributed by atoms with Gasteiger partial charge in [0.05, 0.1) is 0 Å². The van der Waals surface area contributed by atoms with E-state index in [9.17, 15) is 9.36 Å². The average Bonchev–Trinajstić information content (AvgIpc) is 2.10. The fourth-order valence-corrected chi connectivity index (χ4v) is 1.27. The third-order valence-corrected chi connectivity index (χ3v) is 1.90. The summed E-state index contributed by atoms with van der Waals surface area (Å²) < 4.78 is 20.3. The van der Waals surface area contributed by atoms with Crippen molar-refractivity contribution in [2.24, 2.45) is 5.73 Å². The van der Waals surface area contributed by atoms with Crippen LogP contribution in [0.4, 0.5) is 0 Å². The van der Waals surface area contributed by atoms with E-state index < -0.39 is 20.8 Å². The second-order valence-electron chi connectivity index (χ2n) is 2.16. The van der Waals surface area contributed by atoms with Gasteiger partial charge in [0.1, 0.15) is 0 Å². The maximum Gasteiger partial charge on any atom is 0.717 e. The quantitative estimate of drug-likeness (QED) is 0.485. The summed E-state index contributed by atoms with van der Waals surface area (Å²) in [5.41, 5.74) is 4.77. The first-order chi connectivity index (χ1) is 6.10. The number of nitrogens with zero attached hydrogens (tertiary/aromatic N) is 1. The van der Waals surface area contributed by atoms with Crippen LogP contribution < -0.4 is 5.73 Å². The number of carbonyl (C=O) groups is 1. The first-order valence-electron chi connectivity index (χ1n) is 3.91. The molecular formula is C6H14N2O4P+. The Kier molecular flexibility index (Phi) is 6.62. The van der Waals surface area contributed by atoms with Crippen molar-refractivity contribution in [2.45, 2.75) is 13.8 Å². The van der Waals surface area contributed by atoms with Crippen LogP contribution >= 0.6 is 8.25 Å². The molecule has 1 unspecified atom stereocenters. The monoisotopic (exact) mass is 209 g/mol. The van der Waals surface area contributed by atoms with Crippen molar-refractivity contribution >= 4 is 14.2 Å². The van der Waals surface area contributed by atoms with Crippen molar-refractivity contribution in [3.05, 3.63) is 0 Å². The molecule has 6 nitrogen and oxygen atoms in total. The summed E-state index contributed by atoms with van der Waals surface area (Å²) in [5, 5.41) is 1.46. The average molecular weight is 209 g/mol. The smallest absolute Gasteiger partial charge is 0.368 e. The highest BCUT2D eigenvalue weighted by Crippen LogP contribution is 2.24. The lowest BCUT2D eigenvalue weighted by Gasteiger charge is -2.06. The van der Waals surface area contributed by atoms with Gasteiger partial charge in [-0.25, -0.2) is 0 Å². The molecule has 0 aliphatic rings. The Morgan fingerprint density at radius 3 is 2.38 bits per heavy atom. The van der Waals surface area contributed by atoms with Gasteiger partial charge in [0.2, 0.25) is 5.91 Å². The van der Waals surface area contributed by atoms with E-state index in [2.05, 4.69) is 4.52 Å². The standard InChI is InChI=1S/C6H13N2O4P/c1-3-8(4-2)12-13(10)11-5-6(7)9/h3-5H2,1-2H3,(H-,7,9)/p+1. The number of nitrogens with two attached hydrogens (primary N) is 1. The second-order valence-corrected chi connectivity index (χ2v) is 3.03. The summed E-state index contributed by atoms with van der Waals surface area (Å²) in [4.78, 5) is 10.2. The molecule has 13 heavy (non-hydrogen) atoms. The molecular weight excluding hydrogens is 195 g/mol. The molecule has 0 aromatic rings. The first kappa shape index (κ1) is 12.4. The minimum atomic E-state index is -2.29. The van der Waals surface area contributed by atoms with Gasteiger partial charge in [-0.3, -0.25) is 4.79 Å². The highest BCUT2D eigenvalue weighted by atomic mass is 31.1. The molecule has 7 heteroatoms. The number of carbonyl (C=O) groups excluding carboxylic acids is 1. The van der Waals surface area contributed by atoms with Crippen LogP contribution in [0.2, 0.25) is 0 Å². The van der Waals surface area contributed by atoms with Crippen LogP contribution in [0.25, 0.3) is 0 Å². The summed E-state index contributed by atoms with van der Waals surface area (Å²) in [5.74, 6) is -0.675. The Labute approximate surface area is 77.9 Å². The van der Waals surface area contributed by atoms with E-state index in [0.717, 1.165) is 0 Å². The molecule has 0 spiro atoms. The summed E-state index contributed by atoms with van der Waals surface area (Å²) in [6.45, 7) is 4.49. The molecule has 76 valence electrons. The molecule has 0 radical (unpaired) electrons. The summed E-state index contributed by atoms with van der Waals surface area (Å²) >= 11 is 0. The summed E-state index contributed by atoms with van der Waals surface area (Å²) in [7, 11) is -2.29. The molecule has 0 aliphatic carbocycles. The Morgan fingerprint density at radius 2 is 2.00 bits per heavy atom. The normalized spacial score (nSPS) is 11.8. The number of hydroxylamine groups is 2. The molecule has 0 aromatic heterocycles. The van der Waals surface area contributed by atoms with Gasteiger partial charge in [0.15, 0.2) is 6.61 Å². The number of rotatable bonds is 7. The third kappa shape index (κ3) is 6.60. The van der Waals surface area contributed by atoms with Crippen LogP contribution in [-0.4, -0.2) is 30.7 Å². The lowest BCUT2D eigenvalue weighted by atomic mass is 10.6. The Balaban J connectivity index is 3.66. The van der Waals surface area contributed by atoms with Crippen LogP contribution in [0.1, 0.15) is 13.8 Å². The minimum absolute atomic E-state index is 0.392. The number of hydrogen-bond acceptors (Lipinski definition) is 5. The van der Waals surface area contributed by atoms with E-state index in [4.69, 9.17) is 10.4 Å². The molecule has 0 rings (SSSR count). The minimum Gasteiger partial charge on any atom is -0.368 e. The van der Waals surface area contributed by atoms with Gasteiger partial charge in [-0.1, -0.05) is 0 Å². The molecule has 1 amide bonds. The summed E-state index contributed by atoms with van der Waals surface area (Å²) in [6.07, 6.45) is 0. The van der Waals surface area contributed by atoms with E-state index in [-0.39, 0.29) is 0 Å². The SMILES string of the molecule is CCN(CC)O[P+](=O)OCC(N)=O. The molecule has 2 N–H and O–H groups in total. The largest absolute Gasteiger partial charge is 0.717 e. The number of hydrogen-bond donors (Lipinski definition) is 1. The molecule has 0 heterocycles. The molecule has 0 fully saturated rings. The van der Waals surface area contributed by atoms with E-state index in [1.807, 2.05) is 13.8 Å². The zero-order valence-corrected chi connectivity index (χ0v) is 8.62. The van der Waals surface area contributed by atoms with Crippen molar-refractivity contribution in [3.63, 3.8) is 0 Å². The Morgan fingerprint density at radius 1 is 1.46 bits per heavy atom. The van der Waals surface area contributed by atoms with Crippen molar-refractivity contribution in [1.29, 1.82) is 0 Å². The fourth-order valence-electron chi connectivity index (χ4n) is 0.573. The lowest BCUT2D eigenvalue weighted by molar-refractivity contribution is -0.120. The van der Waals surface area contributed by atoms with Crippen molar-refractivity contribution in [1.82, 2.24) is 5.06 Å². The highest BCUT2D eigenvalue weighted by Gasteiger charge is 2.25. The van der Waals surface area contributed by atoms with Crippen LogP contribution in [0, 0.1) is 0 Å². The lowest BCUT2D eigenvalue weighted by Crippen LogP contribution is -2.21. The zero-order valence-electron chi connectivity index (χ0n) is 7.73. The van der Waals surface area contributed by atoms with Crippen molar-refractivity contribution in [2.75, 3.05) is 19.7 Å². The Bertz CT molecular complexity index is 183. The van der Waals surface area contributed by atoms with Gasteiger partial charge in [0.25, 0.3) is 0 Å². The van der Waals surface area contributed by atoms with Crippen LogP contribution in [0.5, 0.6) is 0 Å². The first-order valence-corrected chi connectivity index (χ1v) is 5.01. The van der Waals surface area contributed by atoms with Gasteiger partial charge in [-0.15, -0.1) is 9.59 Å².